The molecule has 0 aliphatic heterocycles. The molecule has 0 aliphatic carbocycles. The van der Waals surface area contributed by atoms with Gasteiger partial charge in [-0.3, -0.25) is 9.59 Å². The highest BCUT2D eigenvalue weighted by atomic mass is 16.5. The quantitative estimate of drug-likeness (QED) is 0.426. The Morgan fingerprint density at radius 2 is 1.68 bits per heavy atom. The van der Waals surface area contributed by atoms with Gasteiger partial charge in [-0.1, -0.05) is 39.8 Å². The first-order chi connectivity index (χ1) is 17.5. The van der Waals surface area contributed by atoms with Gasteiger partial charge in [0.1, 0.15) is 23.9 Å². The molecule has 0 aliphatic rings. The molecule has 0 bridgehead atoms. The van der Waals surface area contributed by atoms with E-state index in [-0.39, 0.29) is 23.8 Å². The van der Waals surface area contributed by atoms with E-state index in [0.717, 1.165) is 22.5 Å². The van der Waals surface area contributed by atoms with Crippen LogP contribution in [0.25, 0.3) is 5.69 Å². The van der Waals surface area contributed by atoms with Gasteiger partial charge in [-0.15, -0.1) is 0 Å². The molecule has 0 atom stereocenters. The average molecular weight is 507 g/mol. The summed E-state index contributed by atoms with van der Waals surface area (Å²) in [6, 6.07) is 12.9. The van der Waals surface area contributed by atoms with Gasteiger partial charge >= 0.3 is 0 Å². The highest BCUT2D eigenvalue weighted by Crippen LogP contribution is 2.28. The fourth-order valence-electron chi connectivity index (χ4n) is 3.98. The third kappa shape index (κ3) is 6.50. The molecule has 198 valence electrons. The van der Waals surface area contributed by atoms with Crippen LogP contribution < -0.4 is 14.8 Å². The minimum Gasteiger partial charge on any atom is -0.497 e. The molecule has 8 heteroatoms. The summed E-state index contributed by atoms with van der Waals surface area (Å²) in [6.07, 6.45) is 0.703. The maximum Gasteiger partial charge on any atom is 0.254 e. The van der Waals surface area contributed by atoms with Crippen LogP contribution in [-0.4, -0.2) is 53.8 Å². The fourth-order valence-corrected chi connectivity index (χ4v) is 3.98. The van der Waals surface area contributed by atoms with E-state index in [4.69, 9.17) is 14.6 Å². The largest absolute Gasteiger partial charge is 0.497 e. The summed E-state index contributed by atoms with van der Waals surface area (Å²) in [6.45, 7) is 12.6. The first kappa shape index (κ1) is 27.8. The highest BCUT2D eigenvalue weighted by molar-refractivity contribution is 5.99. The molecule has 2 aromatic carbocycles. The van der Waals surface area contributed by atoms with Crippen LogP contribution in [0.15, 0.2) is 42.5 Å². The minimum atomic E-state index is -0.302. The van der Waals surface area contributed by atoms with E-state index in [2.05, 4.69) is 26.1 Å². The standard InChI is InChI=1S/C29H38N4O4/c1-9-13-32(28(35)21-14-22(36-7)16-23(15-21)37-8)18-27(34)30-26-17-25(29(4,5)6)31-33(26)24-12-10-11-19(2)20(24)3/h10-12,14-17H,9,13,18H2,1-8H3,(H,30,34). The van der Waals surface area contributed by atoms with Crippen molar-refractivity contribution in [3.8, 4) is 17.2 Å². The Bertz CT molecular complexity index is 1250. The lowest BCUT2D eigenvalue weighted by atomic mass is 9.92. The van der Waals surface area contributed by atoms with Crippen LogP contribution in [0, 0.1) is 13.8 Å². The second kappa shape index (κ2) is 11.5. The first-order valence-electron chi connectivity index (χ1n) is 12.5. The van der Waals surface area contributed by atoms with Crippen molar-refractivity contribution in [2.24, 2.45) is 0 Å². The van der Waals surface area contributed by atoms with E-state index in [0.29, 0.717) is 35.8 Å². The monoisotopic (exact) mass is 506 g/mol. The summed E-state index contributed by atoms with van der Waals surface area (Å²) in [5, 5.41) is 7.84. The topological polar surface area (TPSA) is 85.7 Å². The van der Waals surface area contributed by atoms with E-state index in [9.17, 15) is 9.59 Å². The summed E-state index contributed by atoms with van der Waals surface area (Å²) in [5.74, 6) is 1.01. The van der Waals surface area contributed by atoms with Gasteiger partial charge in [0.05, 0.1) is 25.6 Å². The van der Waals surface area contributed by atoms with Crippen molar-refractivity contribution in [1.29, 1.82) is 0 Å². The number of hydrogen-bond acceptors (Lipinski definition) is 5. The number of ether oxygens (including phenoxy) is 2. The van der Waals surface area contributed by atoms with E-state index >= 15 is 0 Å². The number of aryl methyl sites for hydroxylation is 1. The molecule has 1 heterocycles. The average Bonchev–Trinajstić information content (AvgIpc) is 3.28. The Morgan fingerprint density at radius 1 is 1.03 bits per heavy atom. The Morgan fingerprint density at radius 3 is 2.24 bits per heavy atom. The third-order valence-corrected chi connectivity index (χ3v) is 6.26. The van der Waals surface area contributed by atoms with Crippen LogP contribution >= 0.6 is 0 Å². The van der Waals surface area contributed by atoms with Crippen LogP contribution in [-0.2, 0) is 10.2 Å². The minimum absolute atomic E-state index is 0.102. The fraction of sp³-hybridized carbons (Fsp3) is 0.414. The second-order valence-electron chi connectivity index (χ2n) is 10.2. The van der Waals surface area contributed by atoms with Crippen LogP contribution in [0.5, 0.6) is 11.5 Å². The molecular formula is C29H38N4O4. The molecule has 0 spiro atoms. The molecule has 0 saturated carbocycles. The lowest BCUT2D eigenvalue weighted by Crippen LogP contribution is -2.38. The Hall–Kier alpha value is -3.81. The molecule has 1 N–H and O–H groups in total. The number of anilines is 1. The summed E-state index contributed by atoms with van der Waals surface area (Å²) in [4.78, 5) is 28.2. The number of hydrogen-bond donors (Lipinski definition) is 1. The Balaban J connectivity index is 1.91. The SMILES string of the molecule is CCCN(CC(=O)Nc1cc(C(C)(C)C)nn1-c1cccc(C)c1C)C(=O)c1cc(OC)cc(OC)c1. The molecule has 0 radical (unpaired) electrons. The highest BCUT2D eigenvalue weighted by Gasteiger charge is 2.24. The zero-order valence-electron chi connectivity index (χ0n) is 23.1. The number of aromatic nitrogens is 2. The predicted octanol–water partition coefficient (Wildman–Crippen LogP) is 5.29. The van der Waals surface area contributed by atoms with Gasteiger partial charge < -0.3 is 19.7 Å². The van der Waals surface area contributed by atoms with Crippen molar-refractivity contribution in [1.82, 2.24) is 14.7 Å². The maximum absolute atomic E-state index is 13.4. The van der Waals surface area contributed by atoms with E-state index < -0.39 is 0 Å². The van der Waals surface area contributed by atoms with Gasteiger partial charge in [-0.05, 0) is 49.6 Å². The number of rotatable bonds is 9. The Labute approximate surface area is 219 Å². The molecule has 8 nitrogen and oxygen atoms in total. The van der Waals surface area contributed by atoms with Crippen molar-refractivity contribution in [2.45, 2.75) is 53.4 Å². The molecule has 0 unspecified atom stereocenters. The molecule has 3 aromatic rings. The molecule has 37 heavy (non-hydrogen) atoms. The van der Waals surface area contributed by atoms with Gasteiger partial charge in [-0.2, -0.15) is 5.10 Å². The zero-order chi connectivity index (χ0) is 27.3. The van der Waals surface area contributed by atoms with Crippen molar-refractivity contribution >= 4 is 17.6 Å². The van der Waals surface area contributed by atoms with Crippen molar-refractivity contribution in [2.75, 3.05) is 32.6 Å². The van der Waals surface area contributed by atoms with E-state index in [1.807, 2.05) is 45.0 Å². The van der Waals surface area contributed by atoms with Crippen LogP contribution in [0.1, 0.15) is 61.3 Å². The smallest absolute Gasteiger partial charge is 0.254 e. The van der Waals surface area contributed by atoms with Crippen LogP contribution in [0.2, 0.25) is 0 Å². The normalized spacial score (nSPS) is 11.2. The number of methoxy groups -OCH3 is 2. The number of nitrogens with zero attached hydrogens (tertiary/aromatic N) is 3. The second-order valence-corrected chi connectivity index (χ2v) is 10.2. The summed E-state index contributed by atoms with van der Waals surface area (Å²) >= 11 is 0. The van der Waals surface area contributed by atoms with Gasteiger partial charge in [-0.25, -0.2) is 4.68 Å². The summed E-state index contributed by atoms with van der Waals surface area (Å²) in [5.41, 5.74) is 4.16. The van der Waals surface area contributed by atoms with Gasteiger partial charge in [0.15, 0.2) is 0 Å². The molecule has 1 aromatic heterocycles. The third-order valence-electron chi connectivity index (χ3n) is 6.26. The number of amides is 2. The van der Waals surface area contributed by atoms with E-state index in [1.54, 1.807) is 22.9 Å². The Kier molecular flexibility index (Phi) is 8.63. The van der Waals surface area contributed by atoms with Gasteiger partial charge in [0, 0.05) is 29.7 Å². The molecule has 3 rings (SSSR count). The summed E-state index contributed by atoms with van der Waals surface area (Å²) < 4.78 is 12.4. The van der Waals surface area contributed by atoms with Gasteiger partial charge in [0.2, 0.25) is 5.91 Å². The zero-order valence-corrected chi connectivity index (χ0v) is 23.1. The number of carbonyl (C=O) groups is 2. The van der Waals surface area contributed by atoms with Gasteiger partial charge in [0.25, 0.3) is 5.91 Å². The van der Waals surface area contributed by atoms with Crippen molar-refractivity contribution < 1.29 is 19.1 Å². The van der Waals surface area contributed by atoms with E-state index in [1.165, 1.54) is 19.1 Å². The van der Waals surface area contributed by atoms with Crippen molar-refractivity contribution in [3.05, 3.63) is 64.8 Å². The predicted molar refractivity (Wildman–Crippen MR) is 146 cm³/mol. The lowest BCUT2D eigenvalue weighted by Gasteiger charge is -2.22. The molecule has 2 amide bonds. The molecule has 0 saturated heterocycles. The number of nitrogens with one attached hydrogen (secondary N) is 1. The molecule has 0 fully saturated rings. The van der Waals surface area contributed by atoms with Crippen LogP contribution in [0.4, 0.5) is 5.82 Å². The lowest BCUT2D eigenvalue weighted by molar-refractivity contribution is -0.116. The first-order valence-corrected chi connectivity index (χ1v) is 12.5. The number of benzene rings is 2. The summed E-state index contributed by atoms with van der Waals surface area (Å²) in [7, 11) is 3.07. The number of carbonyl (C=O) groups excluding carboxylic acids is 2. The van der Waals surface area contributed by atoms with Crippen LogP contribution in [0.3, 0.4) is 0 Å². The molecular weight excluding hydrogens is 468 g/mol. The maximum atomic E-state index is 13.4. The van der Waals surface area contributed by atoms with Crippen molar-refractivity contribution in [3.63, 3.8) is 0 Å².